The van der Waals surface area contributed by atoms with Crippen molar-refractivity contribution in [1.29, 1.82) is 0 Å². The lowest BCUT2D eigenvalue weighted by atomic mass is 10.0. The molecular weight excluding hydrogens is 412 g/mol. The number of hydrogen-bond donors (Lipinski definition) is 0. The van der Waals surface area contributed by atoms with Gasteiger partial charge < -0.3 is 14.4 Å². The lowest BCUT2D eigenvalue weighted by Gasteiger charge is -2.19. The third-order valence-corrected chi connectivity index (χ3v) is 5.78. The maximum atomic E-state index is 12.3. The minimum atomic E-state index is -0.627. The molecule has 0 aromatic heterocycles. The molecule has 5 heteroatoms. The molecule has 5 nitrogen and oxygen atoms in total. The predicted octanol–water partition coefficient (Wildman–Crippen LogP) is 6.45. The number of carbonyl (C=O) groups is 1. The topological polar surface area (TPSA) is 43.1 Å². The fourth-order valence-electron chi connectivity index (χ4n) is 4.20. The molecule has 3 aromatic carbocycles. The molecule has 0 spiro atoms. The Bertz CT molecular complexity index is 1380. The van der Waals surface area contributed by atoms with Crippen LogP contribution in [0, 0.1) is 6.57 Å². The normalized spacial score (nSPS) is 17.5. The summed E-state index contributed by atoms with van der Waals surface area (Å²) in [4.78, 5) is 17.9. The van der Waals surface area contributed by atoms with Crippen LogP contribution in [0.1, 0.15) is 25.3 Å². The first kappa shape index (κ1) is 20.6. The number of esters is 1. The van der Waals surface area contributed by atoms with Crippen LogP contribution < -0.4 is 9.64 Å². The largest absolute Gasteiger partial charge is 0.439 e. The number of carbonyl (C=O) groups excluding carboxylic acids is 1. The highest BCUT2D eigenvalue weighted by Crippen LogP contribution is 2.44. The van der Waals surface area contributed by atoms with Gasteiger partial charge in [-0.3, -0.25) is 4.79 Å². The summed E-state index contributed by atoms with van der Waals surface area (Å²) in [5, 5.41) is 2.29. The molecule has 0 N–H and O–H groups in total. The monoisotopic (exact) mass is 434 g/mol. The molecule has 0 bridgehead atoms. The van der Waals surface area contributed by atoms with Crippen LogP contribution in [-0.4, -0.2) is 12.5 Å². The van der Waals surface area contributed by atoms with E-state index < -0.39 is 5.97 Å². The Labute approximate surface area is 192 Å². The van der Waals surface area contributed by atoms with Gasteiger partial charge in [-0.1, -0.05) is 74.0 Å². The zero-order chi connectivity index (χ0) is 22.8. The number of cyclic esters (lactones) is 1. The van der Waals surface area contributed by atoms with Gasteiger partial charge in [-0.05, 0) is 29.5 Å². The van der Waals surface area contributed by atoms with E-state index in [2.05, 4.69) is 34.9 Å². The lowest BCUT2D eigenvalue weighted by molar-refractivity contribution is -0.132. The predicted molar refractivity (Wildman–Crippen MR) is 129 cm³/mol. The van der Waals surface area contributed by atoms with Crippen molar-refractivity contribution in [2.24, 2.45) is 0 Å². The summed E-state index contributed by atoms with van der Waals surface area (Å²) >= 11 is 0. The smallest absolute Gasteiger partial charge is 0.342 e. The van der Waals surface area contributed by atoms with Crippen LogP contribution in [0.5, 0.6) is 5.75 Å². The van der Waals surface area contributed by atoms with Crippen molar-refractivity contribution >= 4 is 28.0 Å². The first-order chi connectivity index (χ1) is 16.2. The highest BCUT2D eigenvalue weighted by Gasteiger charge is 2.32. The van der Waals surface area contributed by atoms with E-state index in [1.165, 1.54) is 0 Å². The number of nitrogens with zero attached hydrogens (tertiary/aromatic N) is 2. The second kappa shape index (κ2) is 8.68. The molecule has 0 fully saturated rings. The maximum absolute atomic E-state index is 12.3. The highest BCUT2D eigenvalue weighted by molar-refractivity contribution is 6.08. The summed E-state index contributed by atoms with van der Waals surface area (Å²) < 4.78 is 11.7. The Kier molecular flexibility index (Phi) is 5.42. The molecule has 33 heavy (non-hydrogen) atoms. The fraction of sp³-hybridized carbons (Fsp3) is 0.143. The summed E-state index contributed by atoms with van der Waals surface area (Å²) in [5.41, 5.74) is 2.32. The summed E-state index contributed by atoms with van der Waals surface area (Å²) in [5.74, 6) is 1.20. The van der Waals surface area contributed by atoms with Crippen molar-refractivity contribution < 1.29 is 14.3 Å². The molecule has 0 saturated heterocycles. The van der Waals surface area contributed by atoms with E-state index in [1.807, 2.05) is 54.6 Å². The van der Waals surface area contributed by atoms with Crippen molar-refractivity contribution in [3.63, 3.8) is 0 Å². The van der Waals surface area contributed by atoms with E-state index in [0.717, 1.165) is 47.2 Å². The second-order valence-corrected chi connectivity index (χ2v) is 7.87. The van der Waals surface area contributed by atoms with Gasteiger partial charge in [0.1, 0.15) is 5.76 Å². The average Bonchev–Trinajstić information content (AvgIpc) is 3.38. The molecule has 5 rings (SSSR count). The minimum Gasteiger partial charge on any atom is -0.439 e. The SMILES string of the molecule is [C-]#[N+]C1=C(c2ccccc2)C(=C/C=C2\Oc3ccc4ccccc4c3N2CCCC)OC1=O. The molecular formula is C28H22N2O3. The zero-order valence-electron chi connectivity index (χ0n) is 18.2. The standard InChI is InChI=1S/C28H22N2O3/c1-3-4-18-30-24(32-23-15-14-19-10-8-9-13-21(19)27(23)30)17-16-22-25(20-11-6-5-7-12-20)26(29-2)28(31)33-22/h5-17H,3-4,18H2,1H3/b22-16?,24-17-. The zero-order valence-corrected chi connectivity index (χ0v) is 18.2. The quantitative estimate of drug-likeness (QED) is 0.342. The third kappa shape index (κ3) is 3.66. The van der Waals surface area contributed by atoms with E-state index in [1.54, 1.807) is 6.08 Å². The lowest BCUT2D eigenvalue weighted by Crippen LogP contribution is -2.21. The molecule has 0 radical (unpaired) electrons. The molecule has 0 atom stereocenters. The van der Waals surface area contributed by atoms with Crippen molar-refractivity contribution in [2.75, 3.05) is 11.4 Å². The van der Waals surface area contributed by atoms with Gasteiger partial charge in [0.05, 0.1) is 12.3 Å². The van der Waals surface area contributed by atoms with Gasteiger partial charge >= 0.3 is 5.97 Å². The van der Waals surface area contributed by atoms with Crippen molar-refractivity contribution in [1.82, 2.24) is 0 Å². The van der Waals surface area contributed by atoms with Crippen LogP contribution in [0.15, 0.2) is 96.2 Å². The van der Waals surface area contributed by atoms with Gasteiger partial charge in [-0.2, -0.15) is 0 Å². The number of hydrogen-bond acceptors (Lipinski definition) is 4. The van der Waals surface area contributed by atoms with E-state index in [-0.39, 0.29) is 5.70 Å². The first-order valence-corrected chi connectivity index (χ1v) is 11.0. The van der Waals surface area contributed by atoms with Crippen LogP contribution in [0.3, 0.4) is 0 Å². The van der Waals surface area contributed by atoms with Crippen LogP contribution in [-0.2, 0) is 9.53 Å². The first-order valence-electron chi connectivity index (χ1n) is 11.0. The van der Waals surface area contributed by atoms with Gasteiger partial charge in [0, 0.05) is 23.6 Å². The Morgan fingerprint density at radius 3 is 2.55 bits per heavy atom. The van der Waals surface area contributed by atoms with Crippen LogP contribution in [0.2, 0.25) is 0 Å². The average molecular weight is 434 g/mol. The summed E-state index contributed by atoms with van der Waals surface area (Å²) in [6, 6.07) is 21.7. The molecule has 0 unspecified atom stereocenters. The Balaban J connectivity index is 1.58. The van der Waals surface area contributed by atoms with Crippen molar-refractivity contribution in [3.8, 4) is 5.75 Å². The number of anilines is 1. The molecule has 0 saturated carbocycles. The van der Waals surface area contributed by atoms with Gasteiger partial charge in [-0.25, -0.2) is 4.85 Å². The number of rotatable bonds is 5. The summed E-state index contributed by atoms with van der Waals surface area (Å²) in [6.07, 6.45) is 5.60. The van der Waals surface area contributed by atoms with Crippen molar-refractivity contribution in [2.45, 2.75) is 19.8 Å². The van der Waals surface area contributed by atoms with Gasteiger partial charge in [0.25, 0.3) is 5.70 Å². The van der Waals surface area contributed by atoms with E-state index in [0.29, 0.717) is 17.2 Å². The third-order valence-electron chi connectivity index (χ3n) is 5.78. The van der Waals surface area contributed by atoms with Crippen LogP contribution in [0.25, 0.3) is 21.2 Å². The van der Waals surface area contributed by atoms with Gasteiger partial charge in [-0.15, -0.1) is 0 Å². The summed E-state index contributed by atoms with van der Waals surface area (Å²) in [7, 11) is 0. The summed E-state index contributed by atoms with van der Waals surface area (Å²) in [6.45, 7) is 10.4. The van der Waals surface area contributed by atoms with Gasteiger partial charge in [0.2, 0.25) is 5.88 Å². The number of ether oxygens (including phenoxy) is 2. The molecule has 162 valence electrons. The maximum Gasteiger partial charge on any atom is 0.342 e. The number of unbranched alkanes of at least 4 members (excludes halogenated alkanes) is 1. The number of benzene rings is 3. The number of allylic oxidation sites excluding steroid dienone is 3. The van der Waals surface area contributed by atoms with Gasteiger partial charge in [0.15, 0.2) is 5.75 Å². The molecule has 3 aromatic rings. The number of fused-ring (bicyclic) bond motifs is 3. The second-order valence-electron chi connectivity index (χ2n) is 7.87. The van der Waals surface area contributed by atoms with Crippen LogP contribution in [0.4, 0.5) is 5.69 Å². The Morgan fingerprint density at radius 1 is 0.970 bits per heavy atom. The molecule has 0 aliphatic carbocycles. The highest BCUT2D eigenvalue weighted by atomic mass is 16.5. The fourth-order valence-corrected chi connectivity index (χ4v) is 4.20. The Morgan fingerprint density at radius 2 is 1.76 bits per heavy atom. The molecule has 2 heterocycles. The van der Waals surface area contributed by atoms with E-state index >= 15 is 0 Å². The van der Waals surface area contributed by atoms with Crippen LogP contribution >= 0.6 is 0 Å². The molecule has 2 aliphatic heterocycles. The van der Waals surface area contributed by atoms with E-state index in [4.69, 9.17) is 16.0 Å². The van der Waals surface area contributed by atoms with Crippen molar-refractivity contribution in [3.05, 3.63) is 113 Å². The van der Waals surface area contributed by atoms with E-state index in [9.17, 15) is 4.79 Å². The molecule has 2 aliphatic rings. The molecule has 0 amide bonds. The minimum absolute atomic E-state index is 0.00434. The Hall–Kier alpha value is -4.30.